The minimum absolute atomic E-state index is 0.120. The molecule has 0 N–H and O–H groups in total. The lowest BCUT2D eigenvalue weighted by atomic mass is 9.90. The number of hydrogen-bond donors (Lipinski definition) is 0. The third kappa shape index (κ3) is 2.76. The van der Waals surface area contributed by atoms with Crippen molar-refractivity contribution >= 4 is 23.2 Å². The van der Waals surface area contributed by atoms with Gasteiger partial charge in [0, 0.05) is 49.9 Å². The van der Waals surface area contributed by atoms with Crippen LogP contribution >= 0.6 is 11.6 Å². The molecule has 0 radical (unpaired) electrons. The molecule has 0 aromatic heterocycles. The van der Waals surface area contributed by atoms with Gasteiger partial charge in [-0.1, -0.05) is 41.9 Å². The molecule has 28 heavy (non-hydrogen) atoms. The van der Waals surface area contributed by atoms with Gasteiger partial charge in [0.25, 0.3) is 0 Å². The molecule has 0 aliphatic carbocycles. The van der Waals surface area contributed by atoms with Gasteiger partial charge in [0.2, 0.25) is 11.6 Å². The van der Waals surface area contributed by atoms with Crippen LogP contribution in [-0.2, 0) is 4.79 Å². The van der Waals surface area contributed by atoms with E-state index in [1.54, 1.807) is 6.92 Å². The molecule has 1 fully saturated rings. The van der Waals surface area contributed by atoms with Crippen molar-refractivity contribution in [3.63, 3.8) is 0 Å². The largest absolute Gasteiger partial charge is 0.466 e. The molecule has 1 spiro atoms. The van der Waals surface area contributed by atoms with Crippen molar-refractivity contribution < 1.29 is 9.53 Å². The number of fused-ring (bicyclic) bond motifs is 4. The van der Waals surface area contributed by atoms with E-state index in [0.29, 0.717) is 13.1 Å². The van der Waals surface area contributed by atoms with Crippen LogP contribution in [0.2, 0.25) is 5.02 Å². The van der Waals surface area contributed by atoms with Crippen molar-refractivity contribution in [3.8, 4) is 5.75 Å². The second kappa shape index (κ2) is 6.52. The summed E-state index contributed by atoms with van der Waals surface area (Å²) in [6.45, 7) is 3.00. The molecule has 144 valence electrons. The first-order valence-electron chi connectivity index (χ1n) is 9.72. The quantitative estimate of drug-likeness (QED) is 0.726. The van der Waals surface area contributed by atoms with Crippen LogP contribution in [0.5, 0.6) is 5.75 Å². The highest BCUT2D eigenvalue weighted by Gasteiger charge is 2.51. The summed E-state index contributed by atoms with van der Waals surface area (Å²) in [5.41, 5.74) is 2.82. The number of hydrogen-bond acceptors (Lipinski definition) is 4. The zero-order valence-corrected chi connectivity index (χ0v) is 16.5. The summed E-state index contributed by atoms with van der Waals surface area (Å²) >= 11 is 6.06. The van der Waals surface area contributed by atoms with Gasteiger partial charge in [-0.3, -0.25) is 4.79 Å². The molecule has 0 unspecified atom stereocenters. The van der Waals surface area contributed by atoms with Gasteiger partial charge in [0.05, 0.1) is 11.8 Å². The highest BCUT2D eigenvalue weighted by Crippen LogP contribution is 2.49. The topological polar surface area (TPSA) is 45.1 Å². The van der Waals surface area contributed by atoms with E-state index < -0.39 is 5.72 Å². The predicted octanol–water partition coefficient (Wildman–Crippen LogP) is 4.22. The Hall–Kier alpha value is -2.53. The second-order valence-electron chi connectivity index (χ2n) is 7.71. The Kier molecular flexibility index (Phi) is 4.09. The van der Waals surface area contributed by atoms with E-state index in [1.165, 1.54) is 5.56 Å². The first-order valence-corrected chi connectivity index (χ1v) is 10.1. The second-order valence-corrected chi connectivity index (χ2v) is 8.15. The van der Waals surface area contributed by atoms with E-state index in [1.807, 2.05) is 41.3 Å². The molecule has 0 saturated carbocycles. The Morgan fingerprint density at radius 2 is 1.86 bits per heavy atom. The van der Waals surface area contributed by atoms with Crippen LogP contribution in [0.15, 0.2) is 53.6 Å². The predicted molar refractivity (Wildman–Crippen MR) is 108 cm³/mol. The first-order chi connectivity index (χ1) is 13.6. The molecule has 5 nitrogen and oxygen atoms in total. The summed E-state index contributed by atoms with van der Waals surface area (Å²) in [7, 11) is 0. The third-order valence-electron chi connectivity index (χ3n) is 6.07. The smallest absolute Gasteiger partial charge is 0.219 e. The van der Waals surface area contributed by atoms with Crippen LogP contribution in [-0.4, -0.2) is 40.3 Å². The van der Waals surface area contributed by atoms with Gasteiger partial charge in [-0.15, -0.1) is 0 Å². The number of piperidine rings is 1. The molecule has 1 atom stereocenters. The first kappa shape index (κ1) is 17.6. The molecule has 2 aromatic carbocycles. The summed E-state index contributed by atoms with van der Waals surface area (Å²) in [6, 6.07) is 16.3. The molecule has 0 bridgehead atoms. The maximum Gasteiger partial charge on any atom is 0.219 e. The number of hydrazone groups is 1. The molecule has 1 amide bonds. The Morgan fingerprint density at radius 1 is 1.14 bits per heavy atom. The standard InChI is InChI=1S/C22H22ClN3O2/c1-15(27)25-12-10-22(11-13-25)26-20(18-4-2-3-5-21(18)28-22)14-19(24-26)16-6-8-17(23)9-7-16/h2-9,20H,10-14H2,1H3/t20-/m1/s1. The zero-order chi connectivity index (χ0) is 19.3. The minimum atomic E-state index is -0.501. The van der Waals surface area contributed by atoms with Crippen LogP contribution in [0, 0.1) is 0 Å². The molecular formula is C22H22ClN3O2. The van der Waals surface area contributed by atoms with E-state index >= 15 is 0 Å². The van der Waals surface area contributed by atoms with Gasteiger partial charge in [-0.05, 0) is 23.8 Å². The van der Waals surface area contributed by atoms with Crippen LogP contribution < -0.4 is 4.74 Å². The number of rotatable bonds is 1. The van der Waals surface area contributed by atoms with Crippen molar-refractivity contribution in [2.45, 2.75) is 38.0 Å². The summed E-state index contributed by atoms with van der Waals surface area (Å²) in [6.07, 6.45) is 2.32. The Morgan fingerprint density at radius 3 is 2.57 bits per heavy atom. The Labute approximate surface area is 169 Å². The van der Waals surface area contributed by atoms with Crippen LogP contribution in [0.3, 0.4) is 0 Å². The van der Waals surface area contributed by atoms with Gasteiger partial charge in [0.15, 0.2) is 0 Å². The van der Waals surface area contributed by atoms with Crippen molar-refractivity contribution in [1.82, 2.24) is 9.91 Å². The fraction of sp³-hybridized carbons (Fsp3) is 0.364. The van der Waals surface area contributed by atoms with E-state index in [9.17, 15) is 4.79 Å². The van der Waals surface area contributed by atoms with Gasteiger partial charge < -0.3 is 9.64 Å². The number of carbonyl (C=O) groups is 1. The van der Waals surface area contributed by atoms with Gasteiger partial charge >= 0.3 is 0 Å². The number of ether oxygens (including phenoxy) is 1. The lowest BCUT2D eigenvalue weighted by Crippen LogP contribution is -2.59. The normalized spacial score (nSPS) is 22.4. The van der Waals surface area contributed by atoms with Crippen molar-refractivity contribution in [2.75, 3.05) is 13.1 Å². The van der Waals surface area contributed by atoms with Crippen LogP contribution in [0.1, 0.15) is 43.4 Å². The van der Waals surface area contributed by atoms with E-state index in [2.05, 4.69) is 17.1 Å². The monoisotopic (exact) mass is 395 g/mol. The van der Waals surface area contributed by atoms with Gasteiger partial charge in [-0.2, -0.15) is 5.10 Å². The Balaban J connectivity index is 1.53. The number of amides is 1. The zero-order valence-electron chi connectivity index (χ0n) is 15.8. The number of para-hydroxylation sites is 1. The van der Waals surface area contributed by atoms with Crippen LogP contribution in [0.25, 0.3) is 0 Å². The van der Waals surface area contributed by atoms with Crippen LogP contribution in [0.4, 0.5) is 0 Å². The van der Waals surface area contributed by atoms with E-state index in [-0.39, 0.29) is 11.9 Å². The number of halogens is 1. The maximum absolute atomic E-state index is 11.8. The lowest BCUT2D eigenvalue weighted by molar-refractivity contribution is -0.158. The Bertz CT molecular complexity index is 949. The molecule has 1 saturated heterocycles. The molecule has 3 aliphatic rings. The number of likely N-dealkylation sites (tertiary alicyclic amines) is 1. The van der Waals surface area contributed by atoms with E-state index in [4.69, 9.17) is 21.4 Å². The molecular weight excluding hydrogens is 374 g/mol. The molecule has 2 aromatic rings. The fourth-order valence-electron chi connectivity index (χ4n) is 4.55. The van der Waals surface area contributed by atoms with Crippen molar-refractivity contribution in [2.24, 2.45) is 5.10 Å². The van der Waals surface area contributed by atoms with Crippen molar-refractivity contribution in [3.05, 3.63) is 64.7 Å². The summed E-state index contributed by atoms with van der Waals surface area (Å²) in [5.74, 6) is 1.06. The van der Waals surface area contributed by atoms with Gasteiger partial charge in [0.1, 0.15) is 5.75 Å². The SMILES string of the molecule is CC(=O)N1CCC2(CC1)Oc1ccccc1[C@H]1CC(c3ccc(Cl)cc3)=NN12. The number of carbonyl (C=O) groups excluding carboxylic acids is 1. The summed E-state index contributed by atoms with van der Waals surface area (Å²) in [4.78, 5) is 13.7. The van der Waals surface area contributed by atoms with Crippen molar-refractivity contribution in [1.29, 1.82) is 0 Å². The maximum atomic E-state index is 11.8. The average molecular weight is 396 g/mol. The molecule has 5 rings (SSSR count). The van der Waals surface area contributed by atoms with Gasteiger partial charge in [-0.25, -0.2) is 5.01 Å². The highest BCUT2D eigenvalue weighted by molar-refractivity contribution is 6.30. The fourth-order valence-corrected chi connectivity index (χ4v) is 4.67. The minimum Gasteiger partial charge on any atom is -0.466 e. The third-order valence-corrected chi connectivity index (χ3v) is 6.33. The number of benzene rings is 2. The van der Waals surface area contributed by atoms with E-state index in [0.717, 1.165) is 41.3 Å². The highest BCUT2D eigenvalue weighted by atomic mass is 35.5. The molecule has 6 heteroatoms. The molecule has 3 aliphatic heterocycles. The average Bonchev–Trinajstić information content (AvgIpc) is 3.16. The molecule has 3 heterocycles. The summed E-state index contributed by atoms with van der Waals surface area (Å²) < 4.78 is 6.57. The lowest BCUT2D eigenvalue weighted by Gasteiger charge is -2.51. The number of nitrogens with zero attached hydrogens (tertiary/aromatic N) is 3. The summed E-state index contributed by atoms with van der Waals surface area (Å²) in [5, 5.41) is 7.92.